The van der Waals surface area contributed by atoms with Gasteiger partial charge >= 0.3 is 10.4 Å². The van der Waals surface area contributed by atoms with Crippen LogP contribution >= 0.6 is 0 Å². The minimum Gasteiger partial charge on any atom is -0.362 e. The first-order valence-corrected chi connectivity index (χ1v) is 9.97. The van der Waals surface area contributed by atoms with Crippen LogP contribution in [0.2, 0.25) is 0 Å². The fraction of sp³-hybridized carbons (Fsp3) is 0.611. The van der Waals surface area contributed by atoms with E-state index in [-0.39, 0.29) is 11.2 Å². The smallest absolute Gasteiger partial charge is 0.362 e. The third-order valence-corrected chi connectivity index (χ3v) is 7.01. The Morgan fingerprint density at radius 3 is 2.75 bits per heavy atom. The van der Waals surface area contributed by atoms with Gasteiger partial charge in [-0.1, -0.05) is 13.0 Å². The third-order valence-electron chi connectivity index (χ3n) is 6.61. The van der Waals surface area contributed by atoms with E-state index < -0.39 is 10.4 Å². The molecule has 2 saturated carbocycles. The van der Waals surface area contributed by atoms with Gasteiger partial charge < -0.3 is 4.18 Å². The maximum absolute atomic E-state index is 12.3. The molecule has 0 heterocycles. The van der Waals surface area contributed by atoms with Gasteiger partial charge in [0.15, 0.2) is 0 Å². The fourth-order valence-electron chi connectivity index (χ4n) is 5.50. The van der Waals surface area contributed by atoms with E-state index in [2.05, 4.69) is 11.1 Å². The lowest BCUT2D eigenvalue weighted by molar-refractivity contribution is -0.129. The van der Waals surface area contributed by atoms with E-state index >= 15 is 0 Å². The number of aryl methyl sites for hydroxylation is 1. The van der Waals surface area contributed by atoms with Crippen LogP contribution in [0.3, 0.4) is 0 Å². The summed E-state index contributed by atoms with van der Waals surface area (Å²) in [4.78, 5) is 12.3. The lowest BCUT2D eigenvalue weighted by Crippen LogP contribution is -2.42. The number of carbonyl (C=O) groups excluding carboxylic acids is 1. The fourth-order valence-corrected chi connectivity index (χ4v) is 5.85. The van der Waals surface area contributed by atoms with Crippen LogP contribution in [0, 0.1) is 17.3 Å². The molecule has 0 aliphatic heterocycles. The summed E-state index contributed by atoms with van der Waals surface area (Å²) in [5.41, 5.74) is 2.23. The molecule has 6 heteroatoms. The van der Waals surface area contributed by atoms with Crippen molar-refractivity contribution in [3.63, 3.8) is 0 Å². The zero-order valence-corrected chi connectivity index (χ0v) is 14.5. The Balaban J connectivity index is 1.65. The predicted octanol–water partition coefficient (Wildman–Crippen LogP) is 3.29. The largest absolute Gasteiger partial charge is 0.446 e. The summed E-state index contributed by atoms with van der Waals surface area (Å²) >= 11 is 0. The Kier molecular flexibility index (Phi) is 3.55. The highest BCUT2D eigenvalue weighted by atomic mass is 32.3. The first-order valence-electron chi connectivity index (χ1n) is 8.61. The van der Waals surface area contributed by atoms with E-state index in [4.69, 9.17) is 4.55 Å². The first-order chi connectivity index (χ1) is 11.3. The van der Waals surface area contributed by atoms with Crippen LogP contribution in [-0.2, 0) is 21.6 Å². The number of fused-ring (bicyclic) bond motifs is 5. The van der Waals surface area contributed by atoms with E-state index in [1.807, 2.05) is 6.07 Å². The Morgan fingerprint density at radius 1 is 1.21 bits per heavy atom. The predicted molar refractivity (Wildman–Crippen MR) is 88.2 cm³/mol. The van der Waals surface area contributed by atoms with Crippen LogP contribution in [0.5, 0.6) is 5.75 Å². The van der Waals surface area contributed by atoms with Crippen LogP contribution in [0.1, 0.15) is 56.1 Å². The number of hydrogen-bond donors (Lipinski definition) is 1. The molecule has 4 atom stereocenters. The van der Waals surface area contributed by atoms with E-state index in [9.17, 15) is 13.2 Å². The van der Waals surface area contributed by atoms with Crippen LogP contribution in [0.15, 0.2) is 18.2 Å². The highest BCUT2D eigenvalue weighted by Gasteiger charge is 2.54. The molecule has 0 spiro atoms. The highest BCUT2D eigenvalue weighted by Crippen LogP contribution is 2.59. The van der Waals surface area contributed by atoms with Crippen molar-refractivity contribution < 1.29 is 21.9 Å². The summed E-state index contributed by atoms with van der Waals surface area (Å²) in [6, 6.07) is 5.28. The molecule has 1 aromatic rings. The minimum atomic E-state index is -4.49. The van der Waals surface area contributed by atoms with Gasteiger partial charge in [0.1, 0.15) is 11.5 Å². The Bertz CT molecular complexity index is 800. The third kappa shape index (κ3) is 2.47. The summed E-state index contributed by atoms with van der Waals surface area (Å²) < 4.78 is 35.2. The van der Waals surface area contributed by atoms with Crippen molar-refractivity contribution in [3.8, 4) is 5.75 Å². The van der Waals surface area contributed by atoms with E-state index in [1.54, 1.807) is 12.1 Å². The maximum Gasteiger partial charge on any atom is 0.446 e. The van der Waals surface area contributed by atoms with E-state index in [0.29, 0.717) is 23.5 Å². The van der Waals surface area contributed by atoms with Gasteiger partial charge in [0.05, 0.1) is 0 Å². The molecule has 5 nitrogen and oxygen atoms in total. The molecule has 24 heavy (non-hydrogen) atoms. The normalized spacial score (nSPS) is 35.1. The van der Waals surface area contributed by atoms with Gasteiger partial charge in [-0.3, -0.25) is 9.35 Å². The van der Waals surface area contributed by atoms with Crippen molar-refractivity contribution in [1.29, 1.82) is 0 Å². The molecule has 130 valence electrons. The Morgan fingerprint density at radius 2 is 2.00 bits per heavy atom. The standard InChI is InChI=1S/C18H22O5S/c1-18-9-8-14-13-5-3-12(23-24(20,21)22)10-11(13)2-4-15(14)16(18)6-7-17(18)19/h3,5,10,14-16H,2,4,6-9H2,1H3,(H,20,21,22)/t14-,15-,16-,18+/m1/s1. The lowest BCUT2D eigenvalue weighted by Gasteiger charge is -2.48. The topological polar surface area (TPSA) is 80.7 Å². The molecular weight excluding hydrogens is 328 g/mol. The number of benzene rings is 1. The monoisotopic (exact) mass is 350 g/mol. The molecule has 2 fully saturated rings. The molecule has 1 aromatic carbocycles. The summed E-state index contributed by atoms with van der Waals surface area (Å²) in [5, 5.41) is 0. The van der Waals surface area contributed by atoms with Crippen molar-refractivity contribution in [2.45, 2.75) is 51.4 Å². The molecular formula is C18H22O5S. The number of hydrogen-bond acceptors (Lipinski definition) is 4. The maximum atomic E-state index is 12.3. The van der Waals surface area contributed by atoms with Crippen molar-refractivity contribution in [2.24, 2.45) is 17.3 Å². The summed E-state index contributed by atoms with van der Waals surface area (Å²) in [7, 11) is -4.49. The van der Waals surface area contributed by atoms with Crippen molar-refractivity contribution in [2.75, 3.05) is 0 Å². The van der Waals surface area contributed by atoms with Crippen molar-refractivity contribution in [3.05, 3.63) is 29.3 Å². The number of Topliss-reactive ketones (excluding diaryl/α,β-unsaturated/α-hetero) is 1. The van der Waals surface area contributed by atoms with Gasteiger partial charge in [0.2, 0.25) is 0 Å². The second kappa shape index (κ2) is 5.30. The van der Waals surface area contributed by atoms with Crippen LogP contribution in [0.4, 0.5) is 0 Å². The highest BCUT2D eigenvalue weighted by molar-refractivity contribution is 7.81. The molecule has 3 aliphatic rings. The van der Waals surface area contributed by atoms with Crippen LogP contribution in [-0.4, -0.2) is 18.8 Å². The average Bonchev–Trinajstić information content (AvgIpc) is 2.81. The molecule has 0 unspecified atom stereocenters. The van der Waals surface area contributed by atoms with E-state index in [0.717, 1.165) is 44.1 Å². The molecule has 1 N–H and O–H groups in total. The molecule has 0 radical (unpaired) electrons. The van der Waals surface area contributed by atoms with Crippen LogP contribution in [0.25, 0.3) is 0 Å². The first kappa shape index (κ1) is 16.1. The summed E-state index contributed by atoms with van der Waals surface area (Å²) in [6.45, 7) is 2.15. The second-order valence-electron chi connectivity index (χ2n) is 7.71. The molecule has 0 amide bonds. The summed E-state index contributed by atoms with van der Waals surface area (Å²) in [5.74, 6) is 2.05. The molecule has 3 aliphatic carbocycles. The van der Waals surface area contributed by atoms with Gasteiger partial charge in [-0.25, -0.2) is 0 Å². The van der Waals surface area contributed by atoms with E-state index in [1.165, 1.54) is 5.56 Å². The van der Waals surface area contributed by atoms with Gasteiger partial charge in [-0.2, -0.15) is 8.42 Å². The minimum absolute atomic E-state index is 0.132. The van der Waals surface area contributed by atoms with Gasteiger partial charge in [-0.15, -0.1) is 0 Å². The molecule has 0 aromatic heterocycles. The zero-order valence-electron chi connectivity index (χ0n) is 13.7. The lowest BCUT2D eigenvalue weighted by atomic mass is 9.55. The summed E-state index contributed by atoms with van der Waals surface area (Å²) in [6.07, 6.45) is 5.57. The molecule has 4 rings (SSSR count). The SMILES string of the molecule is C[C@]12CC[C@@H]3c4ccc(OS(=O)(=O)O)cc4CC[C@H]3[C@H]1CCC2=O. The van der Waals surface area contributed by atoms with Crippen molar-refractivity contribution in [1.82, 2.24) is 0 Å². The van der Waals surface area contributed by atoms with Gasteiger partial charge in [0.25, 0.3) is 0 Å². The second-order valence-corrected chi connectivity index (χ2v) is 8.73. The quantitative estimate of drug-likeness (QED) is 0.828. The Hall–Kier alpha value is -1.40. The average molecular weight is 350 g/mol. The Labute approximate surface area is 142 Å². The zero-order chi connectivity index (χ0) is 17.1. The van der Waals surface area contributed by atoms with Gasteiger partial charge in [0, 0.05) is 11.8 Å². The number of ketones is 1. The molecule has 0 bridgehead atoms. The van der Waals surface area contributed by atoms with Crippen LogP contribution < -0.4 is 4.18 Å². The van der Waals surface area contributed by atoms with Gasteiger partial charge in [-0.05, 0) is 73.1 Å². The molecule has 0 saturated heterocycles. The number of rotatable bonds is 2. The van der Waals surface area contributed by atoms with Crippen molar-refractivity contribution >= 4 is 16.2 Å². The number of carbonyl (C=O) groups is 1.